The molecule has 2 aromatic heterocycles. The third kappa shape index (κ3) is 4.88. The Morgan fingerprint density at radius 1 is 0.971 bits per heavy atom. The number of ether oxygens (including phenoxy) is 1. The van der Waals surface area contributed by atoms with E-state index >= 15 is 0 Å². The summed E-state index contributed by atoms with van der Waals surface area (Å²) < 4.78 is 7.93. The molecular weight excluding hydrogens is 452 g/mol. The maximum Gasteiger partial charge on any atom is 0.341 e. The van der Waals surface area contributed by atoms with Gasteiger partial charge in [0.1, 0.15) is 5.56 Å². The van der Waals surface area contributed by atoms with Crippen LogP contribution in [0.15, 0.2) is 67.0 Å². The quantitative estimate of drug-likeness (QED) is 0.288. The van der Waals surface area contributed by atoms with E-state index in [1.165, 1.54) is 17.1 Å². The second-order valence-corrected chi connectivity index (χ2v) is 7.37. The highest BCUT2D eigenvalue weighted by molar-refractivity contribution is 5.99. The molecule has 2 heterocycles. The monoisotopic (exact) mass is 474 g/mol. The number of nitrogens with one attached hydrogen (secondary N) is 2. The summed E-state index contributed by atoms with van der Waals surface area (Å²) in [7, 11) is 0. The molecule has 4 aromatic rings. The van der Waals surface area contributed by atoms with Crippen molar-refractivity contribution in [2.75, 3.05) is 6.61 Å². The maximum atomic E-state index is 12.5. The van der Waals surface area contributed by atoms with Gasteiger partial charge in [0, 0.05) is 5.56 Å². The van der Waals surface area contributed by atoms with Crippen LogP contribution in [0.2, 0.25) is 0 Å². The van der Waals surface area contributed by atoms with E-state index in [2.05, 4.69) is 21.0 Å². The van der Waals surface area contributed by atoms with Crippen molar-refractivity contribution in [1.29, 1.82) is 0 Å². The molecule has 0 saturated carbocycles. The minimum atomic E-state index is -0.777. The Hall–Kier alpha value is -4.93. The summed E-state index contributed by atoms with van der Waals surface area (Å²) in [5.74, 6) is -2.14. The first-order valence-corrected chi connectivity index (χ1v) is 10.7. The molecule has 4 rings (SSSR count). The van der Waals surface area contributed by atoms with Crippen LogP contribution in [0, 0.1) is 6.92 Å². The van der Waals surface area contributed by atoms with Crippen molar-refractivity contribution in [3.05, 3.63) is 89.5 Å². The molecule has 3 N–H and O–H groups in total. The van der Waals surface area contributed by atoms with E-state index in [1.54, 1.807) is 67.1 Å². The van der Waals surface area contributed by atoms with E-state index in [1.807, 2.05) is 6.07 Å². The first-order valence-electron chi connectivity index (χ1n) is 10.7. The van der Waals surface area contributed by atoms with Gasteiger partial charge in [-0.3, -0.25) is 20.4 Å². The van der Waals surface area contributed by atoms with Gasteiger partial charge in [-0.1, -0.05) is 18.2 Å². The summed E-state index contributed by atoms with van der Waals surface area (Å²) in [6.45, 7) is 3.73. The highest BCUT2D eigenvalue weighted by atomic mass is 16.5. The highest BCUT2D eigenvalue weighted by Crippen LogP contribution is 2.18. The Morgan fingerprint density at radius 3 is 2.34 bits per heavy atom. The summed E-state index contributed by atoms with van der Waals surface area (Å²) in [5, 5.41) is 18.4. The number of rotatable bonds is 6. The number of carbonyl (C=O) groups excluding carboxylic acids is 3. The molecule has 0 bridgehead atoms. The standard InChI is InChI=1S/C24H22N6O5/c1-3-35-24(34)19-13-25-30(15(19)2)18-11-9-16(10-12-18)22(32)26-27-23(33)21-20(31)14-29(28-21)17-7-5-4-6-8-17/h4-14,31H,3H2,1-2H3,(H,26,32)(H,27,33). The lowest BCUT2D eigenvalue weighted by Gasteiger charge is -2.08. The number of benzene rings is 2. The summed E-state index contributed by atoms with van der Waals surface area (Å²) in [5.41, 5.74) is 6.81. The number of para-hydroxylation sites is 1. The van der Waals surface area contributed by atoms with Crippen LogP contribution in [-0.2, 0) is 4.74 Å². The smallest absolute Gasteiger partial charge is 0.341 e. The molecule has 0 aliphatic heterocycles. The van der Waals surface area contributed by atoms with Gasteiger partial charge in [-0.2, -0.15) is 10.2 Å². The number of hydrogen-bond donors (Lipinski definition) is 3. The first-order chi connectivity index (χ1) is 16.9. The summed E-state index contributed by atoms with van der Waals surface area (Å²) in [6, 6.07) is 15.4. The molecule has 0 aliphatic carbocycles. The van der Waals surface area contributed by atoms with Gasteiger partial charge in [-0.25, -0.2) is 14.2 Å². The van der Waals surface area contributed by atoms with Crippen molar-refractivity contribution in [3.63, 3.8) is 0 Å². The second-order valence-electron chi connectivity index (χ2n) is 7.37. The lowest BCUT2D eigenvalue weighted by molar-refractivity contribution is 0.0525. The van der Waals surface area contributed by atoms with Crippen LogP contribution in [0.1, 0.15) is 43.8 Å². The van der Waals surface area contributed by atoms with Crippen molar-refractivity contribution in [1.82, 2.24) is 30.4 Å². The second kappa shape index (κ2) is 9.91. The third-order valence-corrected chi connectivity index (χ3v) is 5.10. The summed E-state index contributed by atoms with van der Waals surface area (Å²) >= 11 is 0. The zero-order valence-corrected chi connectivity index (χ0v) is 18.9. The number of aromatic hydroxyl groups is 1. The zero-order chi connectivity index (χ0) is 24.9. The SMILES string of the molecule is CCOC(=O)c1cnn(-c2ccc(C(=O)NNC(=O)c3nn(-c4ccccc4)cc3O)cc2)c1C. The van der Waals surface area contributed by atoms with E-state index in [-0.39, 0.29) is 23.6 Å². The molecule has 11 nitrogen and oxygen atoms in total. The maximum absolute atomic E-state index is 12.5. The fraction of sp³-hybridized carbons (Fsp3) is 0.125. The summed E-state index contributed by atoms with van der Waals surface area (Å²) in [6.07, 6.45) is 2.73. The van der Waals surface area contributed by atoms with E-state index < -0.39 is 17.8 Å². The molecular formula is C24H22N6O5. The molecule has 0 saturated heterocycles. The molecule has 35 heavy (non-hydrogen) atoms. The van der Waals surface area contributed by atoms with Gasteiger partial charge in [-0.15, -0.1) is 0 Å². The van der Waals surface area contributed by atoms with Crippen molar-refractivity contribution >= 4 is 17.8 Å². The molecule has 11 heteroatoms. The fourth-order valence-electron chi connectivity index (χ4n) is 3.32. The number of esters is 1. The number of amides is 2. The van der Waals surface area contributed by atoms with Crippen molar-refractivity contribution in [2.45, 2.75) is 13.8 Å². The minimum absolute atomic E-state index is 0.240. The number of hydrazine groups is 1. The average molecular weight is 474 g/mol. The van der Waals surface area contributed by atoms with Crippen LogP contribution in [-0.4, -0.2) is 49.1 Å². The Bertz CT molecular complexity index is 1380. The van der Waals surface area contributed by atoms with E-state index in [0.717, 1.165) is 0 Å². The van der Waals surface area contributed by atoms with Gasteiger partial charge in [0.05, 0.1) is 36.1 Å². The molecule has 178 valence electrons. The van der Waals surface area contributed by atoms with Crippen molar-refractivity contribution in [2.24, 2.45) is 0 Å². The van der Waals surface area contributed by atoms with Crippen LogP contribution >= 0.6 is 0 Å². The molecule has 0 fully saturated rings. The Balaban J connectivity index is 1.40. The number of hydrogen-bond acceptors (Lipinski definition) is 7. The summed E-state index contributed by atoms with van der Waals surface area (Å²) in [4.78, 5) is 36.9. The number of nitrogens with zero attached hydrogens (tertiary/aromatic N) is 4. The van der Waals surface area contributed by atoms with E-state index in [9.17, 15) is 19.5 Å². The van der Waals surface area contributed by atoms with Gasteiger partial charge in [0.2, 0.25) is 0 Å². The largest absolute Gasteiger partial charge is 0.504 e. The average Bonchev–Trinajstić information content (AvgIpc) is 3.46. The number of carbonyl (C=O) groups is 3. The van der Waals surface area contributed by atoms with Crippen molar-refractivity contribution in [3.8, 4) is 17.1 Å². The topological polar surface area (TPSA) is 140 Å². The first kappa shape index (κ1) is 23.2. The van der Waals surface area contributed by atoms with Gasteiger partial charge in [-0.05, 0) is 50.2 Å². The van der Waals surface area contributed by atoms with E-state index in [4.69, 9.17) is 4.74 Å². The van der Waals surface area contributed by atoms with E-state index in [0.29, 0.717) is 22.6 Å². The van der Waals surface area contributed by atoms with Gasteiger partial charge < -0.3 is 9.84 Å². The fourth-order valence-corrected chi connectivity index (χ4v) is 3.32. The Morgan fingerprint density at radius 2 is 1.66 bits per heavy atom. The molecule has 0 unspecified atom stereocenters. The minimum Gasteiger partial charge on any atom is -0.504 e. The lowest BCUT2D eigenvalue weighted by Crippen LogP contribution is -2.41. The molecule has 2 amide bonds. The van der Waals surface area contributed by atoms with Crippen LogP contribution in [0.3, 0.4) is 0 Å². The highest BCUT2D eigenvalue weighted by Gasteiger charge is 2.19. The van der Waals surface area contributed by atoms with Crippen LogP contribution in [0.4, 0.5) is 0 Å². The van der Waals surface area contributed by atoms with Crippen LogP contribution in [0.5, 0.6) is 5.75 Å². The van der Waals surface area contributed by atoms with Crippen molar-refractivity contribution < 1.29 is 24.2 Å². The lowest BCUT2D eigenvalue weighted by atomic mass is 10.2. The predicted molar refractivity (Wildman–Crippen MR) is 124 cm³/mol. The van der Waals surface area contributed by atoms with Gasteiger partial charge in [0.25, 0.3) is 11.8 Å². The Labute approximate surface area is 199 Å². The molecule has 0 atom stereocenters. The normalized spacial score (nSPS) is 10.6. The molecule has 2 aromatic carbocycles. The number of aromatic nitrogens is 4. The van der Waals surface area contributed by atoms with Crippen LogP contribution < -0.4 is 10.9 Å². The molecule has 0 aliphatic rings. The van der Waals surface area contributed by atoms with Gasteiger partial charge >= 0.3 is 5.97 Å². The zero-order valence-electron chi connectivity index (χ0n) is 18.9. The third-order valence-electron chi connectivity index (χ3n) is 5.10. The Kier molecular flexibility index (Phi) is 6.58. The van der Waals surface area contributed by atoms with Crippen LogP contribution in [0.25, 0.3) is 11.4 Å². The molecule has 0 radical (unpaired) electrons. The van der Waals surface area contributed by atoms with Gasteiger partial charge in [0.15, 0.2) is 11.4 Å². The predicted octanol–water partition coefficient (Wildman–Crippen LogP) is 2.32. The molecule has 0 spiro atoms.